The first-order chi connectivity index (χ1) is 15.5. The molecule has 8 heteroatoms. The van der Waals surface area contributed by atoms with Gasteiger partial charge in [0, 0.05) is 17.3 Å². The number of nitrogens with zero attached hydrogens (tertiary/aromatic N) is 3. The SMILES string of the molecule is CC[C@H]1C[C@H](CBr)C[C@]2(C(=O)OC)c3c(c4ccccc4n3C(=O)OC)CCN(C#N)[C@H]12. The summed E-state index contributed by atoms with van der Waals surface area (Å²) in [6, 6.07) is 7.26. The van der Waals surface area contributed by atoms with Crippen molar-refractivity contribution in [3.05, 3.63) is 35.5 Å². The second kappa shape index (κ2) is 8.78. The number of hydrogen-bond acceptors (Lipinski definition) is 6. The zero-order valence-corrected chi connectivity index (χ0v) is 20.2. The van der Waals surface area contributed by atoms with Crippen LogP contribution in [0.5, 0.6) is 0 Å². The molecule has 0 radical (unpaired) electrons. The Morgan fingerprint density at radius 1 is 1.28 bits per heavy atom. The van der Waals surface area contributed by atoms with Crippen molar-refractivity contribution < 1.29 is 19.1 Å². The van der Waals surface area contributed by atoms with E-state index in [9.17, 15) is 14.9 Å². The van der Waals surface area contributed by atoms with Crippen LogP contribution in [0, 0.1) is 23.3 Å². The molecule has 2 aromatic rings. The molecule has 2 aliphatic rings. The number of carbonyl (C=O) groups is 2. The molecule has 0 spiro atoms. The predicted molar refractivity (Wildman–Crippen MR) is 124 cm³/mol. The smallest absolute Gasteiger partial charge is 0.418 e. The minimum Gasteiger partial charge on any atom is -0.468 e. The average Bonchev–Trinajstić information content (AvgIpc) is 3.09. The first-order valence-corrected chi connectivity index (χ1v) is 12.1. The van der Waals surface area contributed by atoms with Crippen molar-refractivity contribution in [2.75, 3.05) is 26.1 Å². The Labute approximate surface area is 196 Å². The third kappa shape index (κ3) is 3.13. The van der Waals surface area contributed by atoms with Crippen LogP contribution in [0.2, 0.25) is 0 Å². The van der Waals surface area contributed by atoms with Crippen LogP contribution in [-0.2, 0) is 26.1 Å². The lowest BCUT2D eigenvalue weighted by Crippen LogP contribution is -2.61. The van der Waals surface area contributed by atoms with Crippen molar-refractivity contribution >= 4 is 38.9 Å². The van der Waals surface area contributed by atoms with Gasteiger partial charge in [0.25, 0.3) is 0 Å². The topological polar surface area (TPSA) is 84.6 Å². The van der Waals surface area contributed by atoms with E-state index in [0.717, 1.165) is 29.1 Å². The van der Waals surface area contributed by atoms with Crippen molar-refractivity contribution in [1.82, 2.24) is 9.47 Å². The number of ether oxygens (including phenoxy) is 2. The summed E-state index contributed by atoms with van der Waals surface area (Å²) in [5.41, 5.74) is 1.10. The highest BCUT2D eigenvalue weighted by molar-refractivity contribution is 9.09. The molecule has 0 bridgehead atoms. The Morgan fingerprint density at radius 2 is 2.03 bits per heavy atom. The molecule has 1 aliphatic heterocycles. The number of fused-ring (bicyclic) bond motifs is 5. The quantitative estimate of drug-likeness (QED) is 0.355. The zero-order chi connectivity index (χ0) is 23.0. The highest BCUT2D eigenvalue weighted by Gasteiger charge is 2.61. The summed E-state index contributed by atoms with van der Waals surface area (Å²) in [4.78, 5) is 28.7. The number of halogens is 1. The van der Waals surface area contributed by atoms with Gasteiger partial charge in [-0.05, 0) is 42.7 Å². The first-order valence-electron chi connectivity index (χ1n) is 11.0. The summed E-state index contributed by atoms with van der Waals surface area (Å²) < 4.78 is 12.2. The zero-order valence-electron chi connectivity index (χ0n) is 18.6. The highest BCUT2D eigenvalue weighted by Crippen LogP contribution is 2.53. The number of para-hydroxylation sites is 1. The van der Waals surface area contributed by atoms with Gasteiger partial charge in [0.15, 0.2) is 6.19 Å². The maximum Gasteiger partial charge on any atom is 0.418 e. The lowest BCUT2D eigenvalue weighted by atomic mass is 9.59. The van der Waals surface area contributed by atoms with Gasteiger partial charge in [0.2, 0.25) is 0 Å². The van der Waals surface area contributed by atoms with Crippen LogP contribution in [0.3, 0.4) is 0 Å². The standard InChI is InChI=1S/C24H28BrN3O4/c1-4-16-11-15(13-25)12-24(22(29)31-2)20(16)27(14-26)10-9-18-17-7-5-6-8-19(17)28(21(18)24)23(30)32-3/h5-8,15-16,20H,4,9-13H2,1-3H3/t15-,16-,20+,24+/m0/s1. The normalized spacial score (nSPS) is 27.1. The molecule has 0 amide bonds. The minimum absolute atomic E-state index is 0.0973. The van der Waals surface area contributed by atoms with E-state index in [1.807, 2.05) is 24.3 Å². The molecule has 1 aliphatic carbocycles. The number of aromatic nitrogens is 1. The van der Waals surface area contributed by atoms with Gasteiger partial charge in [-0.1, -0.05) is 47.5 Å². The van der Waals surface area contributed by atoms with Crippen LogP contribution in [0.25, 0.3) is 10.9 Å². The van der Waals surface area contributed by atoms with Crippen LogP contribution >= 0.6 is 15.9 Å². The highest BCUT2D eigenvalue weighted by atomic mass is 79.9. The molecule has 2 heterocycles. The molecular weight excluding hydrogens is 474 g/mol. The van der Waals surface area contributed by atoms with Gasteiger partial charge >= 0.3 is 12.1 Å². The monoisotopic (exact) mass is 501 g/mol. The van der Waals surface area contributed by atoms with Crippen molar-refractivity contribution in [3.8, 4) is 6.19 Å². The summed E-state index contributed by atoms with van der Waals surface area (Å²) in [5, 5.41) is 11.8. The van der Waals surface area contributed by atoms with Crippen molar-refractivity contribution in [1.29, 1.82) is 5.26 Å². The van der Waals surface area contributed by atoms with E-state index in [1.165, 1.54) is 14.2 Å². The van der Waals surface area contributed by atoms with Gasteiger partial charge in [-0.25, -0.2) is 9.36 Å². The number of rotatable bonds is 3. The van der Waals surface area contributed by atoms with Crippen LogP contribution in [-0.4, -0.2) is 53.7 Å². The fourth-order valence-corrected chi connectivity index (χ4v) is 6.65. The number of hydrogen-bond donors (Lipinski definition) is 0. The Bertz CT molecular complexity index is 1090. The van der Waals surface area contributed by atoms with Gasteiger partial charge in [-0.3, -0.25) is 4.79 Å². The summed E-state index contributed by atoms with van der Waals surface area (Å²) in [6.07, 6.45) is 4.59. The van der Waals surface area contributed by atoms with E-state index in [0.29, 0.717) is 30.6 Å². The third-order valence-electron chi connectivity index (χ3n) is 7.32. The van der Waals surface area contributed by atoms with E-state index in [-0.39, 0.29) is 11.8 Å². The Balaban J connectivity index is 2.16. The average molecular weight is 502 g/mol. The fraction of sp³-hybridized carbons (Fsp3) is 0.542. The molecule has 1 aromatic carbocycles. The minimum atomic E-state index is -1.17. The number of alkyl halides is 1. The second-order valence-electron chi connectivity index (χ2n) is 8.73. The van der Waals surface area contributed by atoms with Crippen molar-refractivity contribution in [3.63, 3.8) is 0 Å². The maximum absolute atomic E-state index is 13.8. The molecule has 0 N–H and O–H groups in total. The lowest BCUT2D eigenvalue weighted by Gasteiger charge is -2.50. The summed E-state index contributed by atoms with van der Waals surface area (Å²) >= 11 is 3.64. The molecule has 32 heavy (non-hydrogen) atoms. The van der Waals surface area contributed by atoms with E-state index in [1.54, 1.807) is 9.47 Å². The van der Waals surface area contributed by atoms with Crippen LogP contribution in [0.15, 0.2) is 24.3 Å². The molecule has 1 fully saturated rings. The largest absolute Gasteiger partial charge is 0.468 e. The van der Waals surface area contributed by atoms with Crippen LogP contribution in [0.4, 0.5) is 4.79 Å². The number of methoxy groups -OCH3 is 2. The van der Waals surface area contributed by atoms with Gasteiger partial charge in [-0.15, -0.1) is 0 Å². The molecule has 0 saturated heterocycles. The lowest BCUT2D eigenvalue weighted by molar-refractivity contribution is -0.155. The Kier molecular flexibility index (Phi) is 6.22. The molecule has 0 unspecified atom stereocenters. The number of esters is 1. The Morgan fingerprint density at radius 3 is 2.66 bits per heavy atom. The third-order valence-corrected chi connectivity index (χ3v) is 8.23. The van der Waals surface area contributed by atoms with Crippen LogP contribution < -0.4 is 0 Å². The van der Waals surface area contributed by atoms with E-state index in [2.05, 4.69) is 29.0 Å². The number of nitriles is 1. The maximum atomic E-state index is 13.8. The molecule has 1 aromatic heterocycles. The predicted octanol–water partition coefficient (Wildman–Crippen LogP) is 4.21. The second-order valence-corrected chi connectivity index (χ2v) is 9.38. The number of carbonyl (C=O) groups excluding carboxylic acids is 2. The molecular formula is C24H28BrN3O4. The molecule has 1 saturated carbocycles. The van der Waals surface area contributed by atoms with E-state index < -0.39 is 23.5 Å². The van der Waals surface area contributed by atoms with Gasteiger partial charge in [0.1, 0.15) is 5.41 Å². The fourth-order valence-electron chi connectivity index (χ4n) is 6.16. The van der Waals surface area contributed by atoms with Gasteiger partial charge in [-0.2, -0.15) is 5.26 Å². The van der Waals surface area contributed by atoms with Gasteiger partial charge < -0.3 is 14.4 Å². The number of benzene rings is 1. The summed E-state index contributed by atoms with van der Waals surface area (Å²) in [7, 11) is 2.74. The first kappa shape index (κ1) is 22.7. The molecule has 7 nitrogen and oxygen atoms in total. The molecule has 170 valence electrons. The van der Waals surface area contributed by atoms with E-state index >= 15 is 0 Å². The van der Waals surface area contributed by atoms with Crippen LogP contribution in [0.1, 0.15) is 37.4 Å². The molecule has 4 rings (SSSR count). The Hall–Kier alpha value is -2.53. The summed E-state index contributed by atoms with van der Waals surface area (Å²) in [5.74, 6) is -0.103. The molecule has 4 atom stereocenters. The van der Waals surface area contributed by atoms with Crippen molar-refractivity contribution in [2.24, 2.45) is 11.8 Å². The summed E-state index contributed by atoms with van der Waals surface area (Å²) in [6.45, 7) is 2.58. The van der Waals surface area contributed by atoms with Crippen molar-refractivity contribution in [2.45, 2.75) is 44.1 Å². The van der Waals surface area contributed by atoms with E-state index in [4.69, 9.17) is 9.47 Å². The van der Waals surface area contributed by atoms with Gasteiger partial charge in [0.05, 0.1) is 31.5 Å².